The summed E-state index contributed by atoms with van der Waals surface area (Å²) < 4.78 is 16.2. The second-order valence-corrected chi connectivity index (χ2v) is 5.39. The molecule has 21 heavy (non-hydrogen) atoms. The third-order valence-electron chi connectivity index (χ3n) is 3.63. The number of aliphatic hydroxyl groups excluding tert-OH is 3. The van der Waals surface area contributed by atoms with Gasteiger partial charge >= 0.3 is 0 Å². The van der Waals surface area contributed by atoms with Gasteiger partial charge in [0.2, 0.25) is 0 Å². The summed E-state index contributed by atoms with van der Waals surface area (Å²) in [6.07, 6.45) is -2.79. The summed E-state index contributed by atoms with van der Waals surface area (Å²) >= 11 is 0. The van der Waals surface area contributed by atoms with E-state index in [4.69, 9.17) is 14.2 Å². The summed E-state index contributed by atoms with van der Waals surface area (Å²) in [4.78, 5) is 0. The Labute approximate surface area is 129 Å². The lowest BCUT2D eigenvalue weighted by Crippen LogP contribution is -2.62. The highest BCUT2D eigenvalue weighted by molar-refractivity contribution is 4.96. The number of methoxy groups -OCH3 is 1. The molecule has 130 valence electrons. The summed E-state index contributed by atoms with van der Waals surface area (Å²) in [6, 6.07) is 0. The van der Waals surface area contributed by atoms with E-state index in [1.165, 1.54) is 7.11 Å². The number of hydrogen-bond acceptors (Lipinski definition) is 6. The fourth-order valence-electron chi connectivity index (χ4n) is 2.62. The molecule has 0 aromatic carbocycles. The second kappa shape index (κ2) is 9.71. The Balaban J connectivity index is 0. The normalized spacial score (nSPS) is 37.3. The van der Waals surface area contributed by atoms with Crippen molar-refractivity contribution >= 4 is 0 Å². The smallest absolute Gasteiger partial charge is 0.186 e. The predicted octanol–water partition coefficient (Wildman–Crippen LogP) is 1.17. The Kier molecular flexibility index (Phi) is 10.7. The van der Waals surface area contributed by atoms with Crippen LogP contribution < -0.4 is 0 Å². The maximum Gasteiger partial charge on any atom is 0.186 e. The Morgan fingerprint density at radius 3 is 2.24 bits per heavy atom. The van der Waals surface area contributed by atoms with E-state index >= 15 is 0 Å². The first-order valence-electron chi connectivity index (χ1n) is 6.68. The molecule has 0 radical (unpaired) electrons. The van der Waals surface area contributed by atoms with Gasteiger partial charge in [0.1, 0.15) is 6.10 Å². The average Bonchev–Trinajstić information content (AvgIpc) is 2.34. The van der Waals surface area contributed by atoms with Crippen LogP contribution in [0.15, 0.2) is 0 Å². The van der Waals surface area contributed by atoms with Crippen molar-refractivity contribution in [3.8, 4) is 0 Å². The van der Waals surface area contributed by atoms with Crippen molar-refractivity contribution in [3.63, 3.8) is 0 Å². The number of rotatable bonds is 6. The molecule has 0 spiro atoms. The molecule has 1 aliphatic heterocycles. The lowest BCUT2D eigenvalue weighted by Gasteiger charge is -2.48. The van der Waals surface area contributed by atoms with E-state index in [1.807, 2.05) is 13.8 Å². The van der Waals surface area contributed by atoms with Crippen LogP contribution in [0.1, 0.15) is 42.0 Å². The van der Waals surface area contributed by atoms with Gasteiger partial charge in [-0.05, 0) is 20.3 Å². The molecule has 6 atom stereocenters. The molecule has 0 aliphatic carbocycles. The van der Waals surface area contributed by atoms with Gasteiger partial charge in [-0.2, -0.15) is 0 Å². The Bertz CT molecular complexity index is 273. The summed E-state index contributed by atoms with van der Waals surface area (Å²) in [6.45, 7) is 5.80. The van der Waals surface area contributed by atoms with Gasteiger partial charge in [-0.1, -0.05) is 21.8 Å². The molecule has 6 nitrogen and oxygen atoms in total. The Hall–Kier alpha value is -0.240. The highest BCUT2D eigenvalue weighted by Gasteiger charge is 2.50. The molecule has 6 heteroatoms. The van der Waals surface area contributed by atoms with Crippen molar-refractivity contribution < 1.29 is 29.5 Å². The Morgan fingerprint density at radius 1 is 1.24 bits per heavy atom. The van der Waals surface area contributed by atoms with Crippen LogP contribution in [-0.2, 0) is 14.2 Å². The van der Waals surface area contributed by atoms with Gasteiger partial charge in [-0.25, -0.2) is 0 Å². The summed E-state index contributed by atoms with van der Waals surface area (Å²) in [5.74, 6) is -0.261. The number of aliphatic hydroxyl groups is 3. The van der Waals surface area contributed by atoms with Crippen molar-refractivity contribution in [3.05, 3.63) is 0 Å². The van der Waals surface area contributed by atoms with Crippen LogP contribution in [0.2, 0.25) is 0 Å². The van der Waals surface area contributed by atoms with Gasteiger partial charge in [-0.15, -0.1) is 0 Å². The fourth-order valence-corrected chi connectivity index (χ4v) is 2.62. The monoisotopic (exact) mass is 310 g/mol. The van der Waals surface area contributed by atoms with Crippen molar-refractivity contribution in [2.24, 2.45) is 5.92 Å². The molecule has 1 fully saturated rings. The van der Waals surface area contributed by atoms with Gasteiger partial charge in [0.25, 0.3) is 0 Å². The van der Waals surface area contributed by atoms with Gasteiger partial charge in [0, 0.05) is 13.0 Å². The zero-order valence-electron chi connectivity index (χ0n) is 12.1. The summed E-state index contributed by atoms with van der Waals surface area (Å²) in [5, 5.41) is 29.3. The first-order chi connectivity index (χ1) is 8.85. The second-order valence-electron chi connectivity index (χ2n) is 5.39. The quantitative estimate of drug-likeness (QED) is 0.682. The van der Waals surface area contributed by atoms with E-state index in [-0.39, 0.29) is 34.0 Å². The van der Waals surface area contributed by atoms with Crippen LogP contribution in [0.4, 0.5) is 0 Å². The first kappa shape index (κ1) is 23.0. The minimum absolute atomic E-state index is 0. The molecule has 1 rings (SSSR count). The molecule has 0 aromatic heterocycles. The third kappa shape index (κ3) is 5.47. The van der Waals surface area contributed by atoms with Crippen LogP contribution in [0, 0.1) is 5.92 Å². The van der Waals surface area contributed by atoms with Gasteiger partial charge in [-0.3, -0.25) is 0 Å². The maximum atomic E-state index is 10.2. The van der Waals surface area contributed by atoms with Gasteiger partial charge in [0.15, 0.2) is 6.29 Å². The summed E-state index contributed by atoms with van der Waals surface area (Å²) in [5.41, 5.74) is -0.761. The van der Waals surface area contributed by atoms with E-state index in [9.17, 15) is 15.3 Å². The fraction of sp³-hybridized carbons (Fsp3) is 1.00. The van der Waals surface area contributed by atoms with Crippen LogP contribution in [0.5, 0.6) is 0 Å². The van der Waals surface area contributed by atoms with E-state index < -0.39 is 30.2 Å². The Morgan fingerprint density at radius 2 is 1.81 bits per heavy atom. The topological polar surface area (TPSA) is 88.4 Å². The lowest BCUT2D eigenvalue weighted by molar-refractivity contribution is -0.319. The molecule has 1 saturated heterocycles. The standard InChI is InChI=1S/C13H26O6.2CH4/c1-5-9-10(15)11(16)12(17-4)19-13(9,3)7-18-6-8(2)14;;/h8-12,14-16H,5-7H2,1-4H3;2*1H4. The molecule has 3 N–H and O–H groups in total. The van der Waals surface area contributed by atoms with E-state index in [0.29, 0.717) is 6.42 Å². The van der Waals surface area contributed by atoms with Crippen molar-refractivity contribution in [1.82, 2.24) is 0 Å². The van der Waals surface area contributed by atoms with Crippen LogP contribution >= 0.6 is 0 Å². The molecule has 1 aliphatic rings. The summed E-state index contributed by atoms with van der Waals surface area (Å²) in [7, 11) is 1.42. The minimum Gasteiger partial charge on any atom is -0.391 e. The zero-order chi connectivity index (χ0) is 14.6. The molecule has 1 heterocycles. The lowest BCUT2D eigenvalue weighted by atomic mass is 9.78. The first-order valence-corrected chi connectivity index (χ1v) is 6.68. The van der Waals surface area contributed by atoms with E-state index in [2.05, 4.69) is 0 Å². The SMILES string of the molecule is C.C.CCC1C(O)C(O)C(OC)OC1(C)COCC(C)O. The predicted molar refractivity (Wildman–Crippen MR) is 82.0 cm³/mol. The van der Waals surface area contributed by atoms with Crippen molar-refractivity contribution in [2.75, 3.05) is 20.3 Å². The highest BCUT2D eigenvalue weighted by atomic mass is 16.7. The van der Waals surface area contributed by atoms with E-state index in [1.54, 1.807) is 6.92 Å². The molecular formula is C15H34O6. The van der Waals surface area contributed by atoms with Crippen LogP contribution in [0.3, 0.4) is 0 Å². The average molecular weight is 310 g/mol. The minimum atomic E-state index is -1.07. The van der Waals surface area contributed by atoms with Gasteiger partial charge in [0.05, 0.1) is 31.0 Å². The maximum absolute atomic E-state index is 10.2. The number of hydrogen-bond donors (Lipinski definition) is 3. The van der Waals surface area contributed by atoms with Crippen molar-refractivity contribution in [2.45, 2.75) is 72.2 Å². The molecular weight excluding hydrogens is 276 g/mol. The molecule has 0 aromatic rings. The molecule has 0 bridgehead atoms. The largest absolute Gasteiger partial charge is 0.391 e. The molecule has 0 amide bonds. The van der Waals surface area contributed by atoms with Gasteiger partial charge < -0.3 is 29.5 Å². The number of ether oxygens (including phenoxy) is 3. The van der Waals surface area contributed by atoms with Crippen LogP contribution in [0.25, 0.3) is 0 Å². The molecule has 6 unspecified atom stereocenters. The van der Waals surface area contributed by atoms with E-state index in [0.717, 1.165) is 0 Å². The highest BCUT2D eigenvalue weighted by Crippen LogP contribution is 2.37. The zero-order valence-corrected chi connectivity index (χ0v) is 12.1. The molecule has 0 saturated carbocycles. The van der Waals surface area contributed by atoms with Crippen LogP contribution in [-0.4, -0.2) is 65.8 Å². The third-order valence-corrected chi connectivity index (χ3v) is 3.63. The van der Waals surface area contributed by atoms with Crippen molar-refractivity contribution in [1.29, 1.82) is 0 Å².